The summed E-state index contributed by atoms with van der Waals surface area (Å²) < 4.78 is 104. The Balaban J connectivity index is 1.42. The van der Waals surface area contributed by atoms with E-state index in [2.05, 4.69) is 4.74 Å². The van der Waals surface area contributed by atoms with Gasteiger partial charge in [0.2, 0.25) is 0 Å². The third kappa shape index (κ3) is 7.29. The lowest BCUT2D eigenvalue weighted by atomic mass is 9.97. The van der Waals surface area contributed by atoms with Crippen molar-refractivity contribution in [3.8, 4) is 5.75 Å². The Kier molecular flexibility index (Phi) is 8.80. The number of halogens is 7. The predicted octanol–water partition coefficient (Wildman–Crippen LogP) is 8.05. The quantitative estimate of drug-likeness (QED) is 0.186. The maximum absolute atomic E-state index is 15.2. The third-order valence-electron chi connectivity index (χ3n) is 6.34. The molecule has 0 radical (unpaired) electrons. The highest BCUT2D eigenvalue weighted by Crippen LogP contribution is 2.27. The molecule has 0 saturated heterocycles. The number of rotatable bonds is 10. The van der Waals surface area contributed by atoms with E-state index in [9.17, 15) is 26.3 Å². The van der Waals surface area contributed by atoms with Crippen LogP contribution in [0.5, 0.6) is 5.75 Å². The minimum Gasteiger partial charge on any atom is -0.481 e. The van der Waals surface area contributed by atoms with E-state index in [0.717, 1.165) is 17.7 Å². The average molecular weight is 551 g/mol. The molecule has 0 aliphatic rings. The normalized spacial score (nSPS) is 11.8. The summed E-state index contributed by atoms with van der Waals surface area (Å²) in [6, 6.07) is 14.6. The fourth-order valence-electron chi connectivity index (χ4n) is 4.40. The zero-order valence-corrected chi connectivity index (χ0v) is 21.0. The van der Waals surface area contributed by atoms with Crippen LogP contribution < -0.4 is 4.74 Å². The Hall–Kier alpha value is -3.59. The second kappa shape index (κ2) is 12.1. The maximum Gasteiger partial charge on any atom is 0.422 e. The van der Waals surface area contributed by atoms with Crippen LogP contribution in [0.2, 0.25) is 0 Å². The van der Waals surface area contributed by atoms with Gasteiger partial charge in [0.1, 0.15) is 17.5 Å². The summed E-state index contributed by atoms with van der Waals surface area (Å²) in [4.78, 5) is 0. The van der Waals surface area contributed by atoms with Gasteiger partial charge in [0.25, 0.3) is 0 Å². The third-order valence-corrected chi connectivity index (χ3v) is 6.34. The fraction of sp³-hybridized carbons (Fsp3) is 0.267. The summed E-state index contributed by atoms with van der Waals surface area (Å²) in [6.45, 7) is -1.49. The van der Waals surface area contributed by atoms with Crippen LogP contribution in [-0.4, -0.2) is 19.9 Å². The first-order chi connectivity index (χ1) is 18.5. The van der Waals surface area contributed by atoms with Crippen molar-refractivity contribution in [2.24, 2.45) is 0 Å². The minimum absolute atomic E-state index is 0.0205. The number of aryl methyl sites for hydroxylation is 3. The van der Waals surface area contributed by atoms with Gasteiger partial charge in [-0.1, -0.05) is 36.4 Å². The van der Waals surface area contributed by atoms with E-state index in [-0.39, 0.29) is 31.4 Å². The number of methoxy groups -OCH3 is 1. The molecule has 0 aromatic heterocycles. The molecular weight excluding hydrogens is 525 g/mol. The smallest absolute Gasteiger partial charge is 0.422 e. The van der Waals surface area contributed by atoms with E-state index in [1.165, 1.54) is 25.3 Å². The van der Waals surface area contributed by atoms with Gasteiger partial charge in [-0.25, -0.2) is 17.6 Å². The van der Waals surface area contributed by atoms with Crippen LogP contribution >= 0.6 is 0 Å². The fourth-order valence-corrected chi connectivity index (χ4v) is 4.40. The molecule has 39 heavy (non-hydrogen) atoms. The van der Waals surface area contributed by atoms with Gasteiger partial charge >= 0.3 is 6.18 Å². The molecule has 0 amide bonds. The molecule has 0 unspecified atom stereocenters. The number of benzene rings is 4. The van der Waals surface area contributed by atoms with Gasteiger partial charge in [0.05, 0.1) is 6.61 Å². The molecule has 0 bridgehead atoms. The summed E-state index contributed by atoms with van der Waals surface area (Å²) in [6.07, 6.45) is -3.59. The van der Waals surface area contributed by atoms with E-state index in [4.69, 9.17) is 4.74 Å². The zero-order chi connectivity index (χ0) is 28.2. The van der Waals surface area contributed by atoms with Gasteiger partial charge in [0, 0.05) is 18.1 Å². The first-order valence-electron chi connectivity index (χ1n) is 12.2. The highest BCUT2D eigenvalue weighted by Gasteiger charge is 2.29. The molecule has 2 nitrogen and oxygen atoms in total. The van der Waals surface area contributed by atoms with Crippen molar-refractivity contribution in [3.05, 3.63) is 112 Å². The molecule has 0 aliphatic carbocycles. The van der Waals surface area contributed by atoms with Crippen molar-refractivity contribution >= 4 is 10.8 Å². The number of alkyl halides is 3. The Morgan fingerprint density at radius 3 is 1.97 bits per heavy atom. The van der Waals surface area contributed by atoms with Crippen LogP contribution in [-0.2, 0) is 37.0 Å². The summed E-state index contributed by atoms with van der Waals surface area (Å²) in [5.74, 6) is -3.13. The molecule has 0 atom stereocenters. The maximum atomic E-state index is 15.2. The van der Waals surface area contributed by atoms with Gasteiger partial charge in [0.15, 0.2) is 18.2 Å². The molecule has 9 heteroatoms. The van der Waals surface area contributed by atoms with E-state index < -0.39 is 41.8 Å². The van der Waals surface area contributed by atoms with Crippen molar-refractivity contribution in [2.75, 3.05) is 13.7 Å². The van der Waals surface area contributed by atoms with Crippen molar-refractivity contribution in [1.82, 2.24) is 0 Å². The molecular formula is C30H25F7O2. The summed E-state index contributed by atoms with van der Waals surface area (Å²) in [7, 11) is 1.44. The molecule has 4 rings (SSSR count). The first kappa shape index (κ1) is 28.4. The Morgan fingerprint density at radius 2 is 1.31 bits per heavy atom. The van der Waals surface area contributed by atoms with Crippen LogP contribution in [0, 0.1) is 23.3 Å². The van der Waals surface area contributed by atoms with Gasteiger partial charge in [-0.2, -0.15) is 13.2 Å². The zero-order valence-electron chi connectivity index (χ0n) is 21.0. The topological polar surface area (TPSA) is 18.5 Å². The van der Waals surface area contributed by atoms with Gasteiger partial charge in [-0.3, -0.25) is 0 Å². The molecule has 0 heterocycles. The lowest BCUT2D eigenvalue weighted by Crippen LogP contribution is -2.19. The number of ether oxygens (including phenoxy) is 2. The molecule has 0 saturated carbocycles. The van der Waals surface area contributed by atoms with Crippen LogP contribution in [0.3, 0.4) is 0 Å². The molecule has 0 fully saturated rings. The van der Waals surface area contributed by atoms with E-state index in [1.54, 1.807) is 30.3 Å². The summed E-state index contributed by atoms with van der Waals surface area (Å²) >= 11 is 0. The van der Waals surface area contributed by atoms with Crippen LogP contribution in [0.4, 0.5) is 30.7 Å². The number of hydrogen-bond acceptors (Lipinski definition) is 2. The van der Waals surface area contributed by atoms with Crippen molar-refractivity contribution in [2.45, 2.75) is 38.5 Å². The lowest BCUT2D eigenvalue weighted by Gasteiger charge is -2.12. The van der Waals surface area contributed by atoms with E-state index >= 15 is 4.39 Å². The molecule has 0 aliphatic heterocycles. The predicted molar refractivity (Wildman–Crippen MR) is 134 cm³/mol. The second-order valence-electron chi connectivity index (χ2n) is 9.23. The number of fused-ring (bicyclic) bond motifs is 1. The van der Waals surface area contributed by atoms with Crippen molar-refractivity contribution < 1.29 is 40.2 Å². The van der Waals surface area contributed by atoms with Crippen LogP contribution in [0.25, 0.3) is 10.8 Å². The molecule has 4 aromatic carbocycles. The van der Waals surface area contributed by atoms with E-state index in [1.807, 2.05) is 0 Å². The van der Waals surface area contributed by atoms with Crippen molar-refractivity contribution in [1.29, 1.82) is 0 Å². The Labute approximate surface area is 221 Å². The average Bonchev–Trinajstić information content (AvgIpc) is 2.87. The first-order valence-corrected chi connectivity index (χ1v) is 12.2. The second-order valence-corrected chi connectivity index (χ2v) is 9.23. The molecule has 0 N–H and O–H groups in total. The number of hydrogen-bond donors (Lipinski definition) is 0. The molecule has 0 spiro atoms. The lowest BCUT2D eigenvalue weighted by molar-refractivity contribution is -0.153. The van der Waals surface area contributed by atoms with Gasteiger partial charge < -0.3 is 9.47 Å². The Bertz CT molecular complexity index is 1440. The monoisotopic (exact) mass is 550 g/mol. The highest BCUT2D eigenvalue weighted by atomic mass is 19.4. The van der Waals surface area contributed by atoms with Gasteiger partial charge in [-0.05, 0) is 77.6 Å². The van der Waals surface area contributed by atoms with Gasteiger partial charge in [-0.15, -0.1) is 0 Å². The van der Waals surface area contributed by atoms with E-state index in [0.29, 0.717) is 33.9 Å². The van der Waals surface area contributed by atoms with Crippen LogP contribution in [0.1, 0.15) is 27.8 Å². The minimum atomic E-state index is -4.58. The highest BCUT2D eigenvalue weighted by molar-refractivity contribution is 5.84. The van der Waals surface area contributed by atoms with Crippen LogP contribution in [0.15, 0.2) is 60.7 Å². The SMILES string of the molecule is COCc1cc(F)c(CCc2ccc3c(F)c(CCc4ccc(OCC(F)(F)F)c(F)c4)ccc3c2)c(F)c1. The standard InChI is InChI=1S/C30H25F7O2/c1-38-16-20-14-25(31)24(26(32)15-20)10-4-18-3-9-23-22(12-18)8-7-21(29(23)34)6-2-19-5-11-28(27(33)13-19)39-17-30(35,36)37/h3,5,7-9,11-15H,2,4,6,10,16-17H2,1H3. The summed E-state index contributed by atoms with van der Waals surface area (Å²) in [5.41, 5.74) is 2.06. The molecule has 4 aromatic rings. The largest absolute Gasteiger partial charge is 0.481 e. The summed E-state index contributed by atoms with van der Waals surface area (Å²) in [5, 5.41) is 1.00. The van der Waals surface area contributed by atoms with Crippen molar-refractivity contribution in [3.63, 3.8) is 0 Å². The molecule has 206 valence electrons. The Morgan fingerprint density at radius 1 is 0.667 bits per heavy atom.